The molecule has 0 atom stereocenters. The van der Waals surface area contributed by atoms with Crippen LogP contribution >= 0.6 is 0 Å². The van der Waals surface area contributed by atoms with Crippen molar-refractivity contribution in [1.82, 2.24) is 0 Å². The molecular weight excluding hydrogens is 655 g/mol. The smallest absolute Gasteiger partial charge is 0.145 e. The molecule has 0 bridgehead atoms. The van der Waals surface area contributed by atoms with Crippen molar-refractivity contribution in [2.24, 2.45) is 0 Å². The van der Waals surface area contributed by atoms with Crippen LogP contribution in [0.1, 0.15) is 0 Å². The van der Waals surface area contributed by atoms with Gasteiger partial charge in [0.2, 0.25) is 0 Å². The Morgan fingerprint density at radius 2 is 0.852 bits per heavy atom. The van der Waals surface area contributed by atoms with Crippen LogP contribution in [0, 0.1) is 0 Å². The maximum atomic E-state index is 6.90. The second-order valence-electron chi connectivity index (χ2n) is 14.0. The van der Waals surface area contributed by atoms with Crippen LogP contribution in [-0.2, 0) is 0 Å². The number of benzene rings is 10. The first kappa shape index (κ1) is 30.5. The maximum Gasteiger partial charge on any atom is 0.145 e. The minimum Gasteiger partial charge on any atom is -0.455 e. The maximum absolute atomic E-state index is 6.90. The number of nitrogens with zero attached hydrogens (tertiary/aromatic N) is 1. The number of para-hydroxylation sites is 1. The molecule has 1 aromatic heterocycles. The van der Waals surface area contributed by atoms with E-state index in [0.29, 0.717) is 0 Å². The van der Waals surface area contributed by atoms with Gasteiger partial charge in [0.25, 0.3) is 0 Å². The number of fused-ring (bicyclic) bond motifs is 8. The summed E-state index contributed by atoms with van der Waals surface area (Å²) < 4.78 is 6.90. The van der Waals surface area contributed by atoms with E-state index in [1.165, 1.54) is 54.2 Å². The third kappa shape index (κ3) is 4.74. The molecular formula is C52H33NO. The van der Waals surface area contributed by atoms with Crippen molar-refractivity contribution in [3.8, 4) is 22.3 Å². The van der Waals surface area contributed by atoms with E-state index in [4.69, 9.17) is 4.42 Å². The van der Waals surface area contributed by atoms with Crippen molar-refractivity contribution in [3.05, 3.63) is 200 Å². The summed E-state index contributed by atoms with van der Waals surface area (Å²) in [6, 6.07) is 72.2. The van der Waals surface area contributed by atoms with E-state index in [-0.39, 0.29) is 0 Å². The predicted molar refractivity (Wildman–Crippen MR) is 229 cm³/mol. The molecule has 0 radical (unpaired) electrons. The first-order chi connectivity index (χ1) is 26.8. The van der Waals surface area contributed by atoms with E-state index in [1.807, 2.05) is 0 Å². The lowest BCUT2D eigenvalue weighted by Gasteiger charge is -2.28. The van der Waals surface area contributed by atoms with Gasteiger partial charge in [0.15, 0.2) is 0 Å². The van der Waals surface area contributed by atoms with E-state index in [2.05, 4.69) is 205 Å². The largest absolute Gasteiger partial charge is 0.455 e. The Kier molecular flexibility index (Phi) is 6.90. The average molecular weight is 688 g/mol. The van der Waals surface area contributed by atoms with E-state index in [0.717, 1.165) is 50.1 Å². The second-order valence-corrected chi connectivity index (χ2v) is 14.0. The van der Waals surface area contributed by atoms with E-state index in [1.54, 1.807) is 0 Å². The summed E-state index contributed by atoms with van der Waals surface area (Å²) in [6.45, 7) is 0. The van der Waals surface area contributed by atoms with Crippen molar-refractivity contribution in [2.75, 3.05) is 4.90 Å². The zero-order valence-electron chi connectivity index (χ0n) is 29.4. The molecule has 0 aliphatic rings. The highest BCUT2D eigenvalue weighted by Crippen LogP contribution is 2.49. The van der Waals surface area contributed by atoms with Gasteiger partial charge >= 0.3 is 0 Å². The number of furan rings is 1. The van der Waals surface area contributed by atoms with Gasteiger partial charge in [0.05, 0.1) is 16.8 Å². The minimum absolute atomic E-state index is 0.871. The molecule has 2 heteroatoms. The summed E-state index contributed by atoms with van der Waals surface area (Å²) in [6.07, 6.45) is 0. The lowest BCUT2D eigenvalue weighted by molar-refractivity contribution is 0.670. The van der Waals surface area contributed by atoms with Crippen LogP contribution in [0.5, 0.6) is 0 Å². The Balaban J connectivity index is 1.21. The SMILES string of the molecule is c1ccc2c(-c3ccc(N(c4cccc5ccc6ccccc6c45)c4ccc(-c5cccc6ccccc56)c5oc6ccccc6c45)cc3)cccc2c1. The first-order valence-electron chi connectivity index (χ1n) is 18.5. The highest BCUT2D eigenvalue weighted by Gasteiger charge is 2.24. The Morgan fingerprint density at radius 3 is 1.61 bits per heavy atom. The van der Waals surface area contributed by atoms with Crippen molar-refractivity contribution in [2.45, 2.75) is 0 Å². The first-order valence-corrected chi connectivity index (χ1v) is 18.5. The lowest BCUT2D eigenvalue weighted by Crippen LogP contribution is -2.11. The van der Waals surface area contributed by atoms with Crippen LogP contribution < -0.4 is 4.90 Å². The Morgan fingerprint density at radius 1 is 0.315 bits per heavy atom. The van der Waals surface area contributed by atoms with Gasteiger partial charge in [-0.2, -0.15) is 0 Å². The van der Waals surface area contributed by atoms with Crippen LogP contribution in [0.4, 0.5) is 17.1 Å². The molecule has 10 aromatic carbocycles. The van der Waals surface area contributed by atoms with Crippen molar-refractivity contribution < 1.29 is 4.42 Å². The van der Waals surface area contributed by atoms with Gasteiger partial charge in [0, 0.05) is 22.0 Å². The summed E-state index contributed by atoms with van der Waals surface area (Å²) in [5.41, 5.74) is 9.66. The van der Waals surface area contributed by atoms with Crippen LogP contribution in [0.2, 0.25) is 0 Å². The van der Waals surface area contributed by atoms with E-state index in [9.17, 15) is 0 Å². The quantitative estimate of drug-likeness (QED) is 0.168. The van der Waals surface area contributed by atoms with Gasteiger partial charge in [0.1, 0.15) is 11.2 Å². The van der Waals surface area contributed by atoms with Crippen LogP contribution in [-0.4, -0.2) is 0 Å². The molecule has 0 aliphatic carbocycles. The van der Waals surface area contributed by atoms with Gasteiger partial charge in [-0.15, -0.1) is 0 Å². The highest BCUT2D eigenvalue weighted by molar-refractivity contribution is 6.21. The molecule has 0 spiro atoms. The topological polar surface area (TPSA) is 16.4 Å². The third-order valence-corrected chi connectivity index (χ3v) is 11.0. The molecule has 11 rings (SSSR count). The summed E-state index contributed by atoms with van der Waals surface area (Å²) in [4.78, 5) is 2.44. The van der Waals surface area contributed by atoms with Gasteiger partial charge < -0.3 is 9.32 Å². The molecule has 54 heavy (non-hydrogen) atoms. The molecule has 0 aliphatic heterocycles. The molecule has 252 valence electrons. The van der Waals surface area contributed by atoms with Gasteiger partial charge in [-0.25, -0.2) is 0 Å². The second kappa shape index (κ2) is 12.2. The minimum atomic E-state index is 0.871. The Hall–Kier alpha value is -7.16. The van der Waals surface area contributed by atoms with E-state index < -0.39 is 0 Å². The molecule has 0 saturated heterocycles. The summed E-state index contributed by atoms with van der Waals surface area (Å²) in [7, 11) is 0. The van der Waals surface area contributed by atoms with Crippen molar-refractivity contribution in [1.29, 1.82) is 0 Å². The van der Waals surface area contributed by atoms with Gasteiger partial charge in [-0.05, 0) is 90.8 Å². The zero-order chi connectivity index (χ0) is 35.6. The summed E-state index contributed by atoms with van der Waals surface area (Å²) >= 11 is 0. The molecule has 0 unspecified atom stereocenters. The fourth-order valence-electron chi connectivity index (χ4n) is 8.57. The Labute approximate surface area is 312 Å². The van der Waals surface area contributed by atoms with Crippen molar-refractivity contribution in [3.63, 3.8) is 0 Å². The monoisotopic (exact) mass is 687 g/mol. The highest BCUT2D eigenvalue weighted by atomic mass is 16.3. The fraction of sp³-hybridized carbons (Fsp3) is 0. The lowest BCUT2D eigenvalue weighted by atomic mass is 9.94. The molecule has 0 amide bonds. The average Bonchev–Trinajstić information content (AvgIpc) is 3.64. The standard InChI is InChI=1S/C52H33NO/c1-4-18-40-34(12-1)15-9-22-41(40)37-28-30-39(31-29-37)53(47-24-11-17-38-27-26-36-14-3-6-20-43(36)50(38)47)48-33-32-45(44-23-10-16-35-13-2-5-19-42(35)44)52-51(48)46-21-7-8-25-49(46)54-52/h1-33H. The van der Waals surface area contributed by atoms with Gasteiger partial charge in [-0.3, -0.25) is 0 Å². The van der Waals surface area contributed by atoms with Crippen LogP contribution in [0.3, 0.4) is 0 Å². The summed E-state index contributed by atoms with van der Waals surface area (Å²) in [5.74, 6) is 0. The van der Waals surface area contributed by atoms with E-state index >= 15 is 0 Å². The number of hydrogen-bond acceptors (Lipinski definition) is 2. The molecule has 0 fully saturated rings. The molecule has 0 saturated carbocycles. The normalized spacial score (nSPS) is 11.7. The molecule has 0 N–H and O–H groups in total. The van der Waals surface area contributed by atoms with Crippen molar-refractivity contribution >= 4 is 82.1 Å². The predicted octanol–water partition coefficient (Wildman–Crippen LogP) is 15.0. The zero-order valence-corrected chi connectivity index (χ0v) is 29.4. The molecule has 11 aromatic rings. The van der Waals surface area contributed by atoms with Gasteiger partial charge in [-0.1, -0.05) is 164 Å². The number of anilines is 3. The number of hydrogen-bond donors (Lipinski definition) is 0. The molecule has 1 heterocycles. The summed E-state index contributed by atoms with van der Waals surface area (Å²) in [5, 5.41) is 11.9. The molecule has 2 nitrogen and oxygen atoms in total. The fourth-order valence-corrected chi connectivity index (χ4v) is 8.57. The number of rotatable bonds is 5. The third-order valence-electron chi connectivity index (χ3n) is 11.0. The van der Waals surface area contributed by atoms with Crippen LogP contribution in [0.25, 0.3) is 87.3 Å². The Bertz CT molecular complexity index is 3220. The van der Waals surface area contributed by atoms with Crippen LogP contribution in [0.15, 0.2) is 205 Å².